The lowest BCUT2D eigenvalue weighted by Gasteiger charge is -2.19. The molecule has 0 spiro atoms. The Bertz CT molecular complexity index is 363. The summed E-state index contributed by atoms with van der Waals surface area (Å²) in [6, 6.07) is 0. The predicted octanol–water partition coefficient (Wildman–Crippen LogP) is 2.38. The monoisotopic (exact) mass is 226 g/mol. The molecule has 0 aliphatic heterocycles. The number of thiophene rings is 1. The average Bonchev–Trinajstić information content (AvgIpc) is 2.46. The zero-order valence-corrected chi connectivity index (χ0v) is 10.5. The molecule has 0 saturated heterocycles. The molecular weight excluding hydrogens is 208 g/mol. The van der Waals surface area contributed by atoms with Crippen molar-refractivity contribution in [3.8, 4) is 0 Å². The number of carbonyl (C=O) groups excluding carboxylic acids is 1. The molecule has 3 nitrogen and oxygen atoms in total. The van der Waals surface area contributed by atoms with E-state index in [9.17, 15) is 4.79 Å². The summed E-state index contributed by atoms with van der Waals surface area (Å²) in [6.45, 7) is 8.76. The molecule has 0 aromatic carbocycles. The van der Waals surface area contributed by atoms with E-state index in [1.54, 1.807) is 0 Å². The molecule has 0 radical (unpaired) electrons. The molecule has 0 fully saturated rings. The van der Waals surface area contributed by atoms with E-state index >= 15 is 0 Å². The Balaban J connectivity index is 3.16. The van der Waals surface area contributed by atoms with Crippen LogP contribution in [0.5, 0.6) is 0 Å². The number of hydrogen-bond acceptors (Lipinski definition) is 3. The van der Waals surface area contributed by atoms with Crippen LogP contribution >= 0.6 is 11.3 Å². The van der Waals surface area contributed by atoms with Crippen LogP contribution in [-0.4, -0.2) is 12.5 Å². The minimum atomic E-state index is -0.0684. The van der Waals surface area contributed by atoms with Gasteiger partial charge in [0, 0.05) is 6.54 Å². The molecule has 1 aromatic heterocycles. The Hall–Kier alpha value is -1.03. The van der Waals surface area contributed by atoms with E-state index < -0.39 is 0 Å². The summed E-state index contributed by atoms with van der Waals surface area (Å²) >= 11 is 1.43. The highest BCUT2D eigenvalue weighted by molar-refractivity contribution is 7.14. The van der Waals surface area contributed by atoms with Crippen LogP contribution in [0.25, 0.3) is 0 Å². The van der Waals surface area contributed by atoms with Crippen molar-refractivity contribution in [2.45, 2.75) is 33.1 Å². The standard InChI is InChI=1S/C11H18N2OS/c1-5-13-10(14)8-7(11(2,3)4)6-15-9(8)12/h6H,5,12H2,1-4H3,(H,13,14). The first-order chi connectivity index (χ1) is 6.88. The van der Waals surface area contributed by atoms with E-state index in [1.807, 2.05) is 12.3 Å². The number of nitrogens with two attached hydrogens (primary N) is 1. The van der Waals surface area contributed by atoms with Crippen molar-refractivity contribution in [1.82, 2.24) is 5.32 Å². The van der Waals surface area contributed by atoms with Crippen LogP contribution in [0.4, 0.5) is 5.00 Å². The van der Waals surface area contributed by atoms with Crippen LogP contribution < -0.4 is 11.1 Å². The Morgan fingerprint density at radius 2 is 2.13 bits per heavy atom. The molecule has 0 unspecified atom stereocenters. The highest BCUT2D eigenvalue weighted by atomic mass is 32.1. The fraction of sp³-hybridized carbons (Fsp3) is 0.545. The van der Waals surface area contributed by atoms with Gasteiger partial charge in [0.05, 0.1) is 10.6 Å². The summed E-state index contributed by atoms with van der Waals surface area (Å²) in [6.07, 6.45) is 0. The van der Waals surface area contributed by atoms with Crippen molar-refractivity contribution in [3.05, 3.63) is 16.5 Å². The second-order valence-electron chi connectivity index (χ2n) is 4.50. The number of amides is 1. The van der Waals surface area contributed by atoms with Gasteiger partial charge in [0.1, 0.15) is 0 Å². The Kier molecular flexibility index (Phi) is 3.39. The van der Waals surface area contributed by atoms with E-state index in [4.69, 9.17) is 5.73 Å². The van der Waals surface area contributed by atoms with Gasteiger partial charge in [-0.05, 0) is 23.3 Å². The van der Waals surface area contributed by atoms with E-state index in [2.05, 4.69) is 26.1 Å². The van der Waals surface area contributed by atoms with Crippen molar-refractivity contribution in [1.29, 1.82) is 0 Å². The van der Waals surface area contributed by atoms with E-state index in [-0.39, 0.29) is 11.3 Å². The molecule has 0 atom stereocenters. The van der Waals surface area contributed by atoms with Gasteiger partial charge in [-0.1, -0.05) is 20.8 Å². The number of rotatable bonds is 2. The summed E-state index contributed by atoms with van der Waals surface area (Å²) in [5.74, 6) is -0.0684. The van der Waals surface area contributed by atoms with Gasteiger partial charge < -0.3 is 11.1 Å². The van der Waals surface area contributed by atoms with Gasteiger partial charge in [-0.2, -0.15) is 0 Å². The van der Waals surface area contributed by atoms with E-state index in [0.29, 0.717) is 17.1 Å². The number of hydrogen-bond donors (Lipinski definition) is 2. The minimum absolute atomic E-state index is 0.0471. The summed E-state index contributed by atoms with van der Waals surface area (Å²) < 4.78 is 0. The fourth-order valence-corrected chi connectivity index (χ4v) is 2.44. The van der Waals surface area contributed by atoms with Crippen LogP contribution in [0.2, 0.25) is 0 Å². The van der Waals surface area contributed by atoms with E-state index in [0.717, 1.165) is 5.56 Å². The minimum Gasteiger partial charge on any atom is -0.390 e. The predicted molar refractivity (Wildman–Crippen MR) is 65.4 cm³/mol. The normalized spacial score (nSPS) is 11.5. The average molecular weight is 226 g/mol. The molecule has 1 rings (SSSR count). The van der Waals surface area contributed by atoms with Gasteiger partial charge in [0.15, 0.2) is 0 Å². The number of nitrogens with one attached hydrogen (secondary N) is 1. The van der Waals surface area contributed by atoms with Crippen LogP contribution in [0.15, 0.2) is 5.38 Å². The molecule has 1 heterocycles. The smallest absolute Gasteiger partial charge is 0.254 e. The van der Waals surface area contributed by atoms with Gasteiger partial charge in [-0.3, -0.25) is 4.79 Å². The first-order valence-electron chi connectivity index (χ1n) is 5.03. The fourth-order valence-electron chi connectivity index (χ4n) is 1.41. The van der Waals surface area contributed by atoms with Crippen LogP contribution in [-0.2, 0) is 5.41 Å². The third-order valence-corrected chi connectivity index (χ3v) is 3.00. The zero-order valence-electron chi connectivity index (χ0n) is 9.68. The number of anilines is 1. The molecule has 3 N–H and O–H groups in total. The quantitative estimate of drug-likeness (QED) is 0.813. The molecule has 1 amide bonds. The lowest BCUT2D eigenvalue weighted by molar-refractivity contribution is 0.0955. The summed E-state index contributed by atoms with van der Waals surface area (Å²) in [7, 11) is 0. The van der Waals surface area contributed by atoms with Crippen molar-refractivity contribution in [2.24, 2.45) is 0 Å². The molecule has 0 bridgehead atoms. The second kappa shape index (κ2) is 4.23. The van der Waals surface area contributed by atoms with Crippen molar-refractivity contribution in [3.63, 3.8) is 0 Å². The lowest BCUT2D eigenvalue weighted by Crippen LogP contribution is -2.26. The van der Waals surface area contributed by atoms with Gasteiger partial charge >= 0.3 is 0 Å². The molecule has 0 aliphatic rings. The van der Waals surface area contributed by atoms with Gasteiger partial charge in [0.25, 0.3) is 5.91 Å². The Morgan fingerprint density at radius 3 is 2.60 bits per heavy atom. The maximum atomic E-state index is 11.8. The summed E-state index contributed by atoms with van der Waals surface area (Å²) in [5.41, 5.74) is 7.45. The van der Waals surface area contributed by atoms with Gasteiger partial charge in [0.2, 0.25) is 0 Å². The molecular formula is C11H18N2OS. The largest absolute Gasteiger partial charge is 0.390 e. The molecule has 0 saturated carbocycles. The molecule has 84 valence electrons. The van der Waals surface area contributed by atoms with Crippen molar-refractivity contribution >= 4 is 22.2 Å². The van der Waals surface area contributed by atoms with Gasteiger partial charge in [-0.25, -0.2) is 0 Å². The van der Waals surface area contributed by atoms with E-state index in [1.165, 1.54) is 11.3 Å². The first kappa shape index (κ1) is 12.0. The maximum absolute atomic E-state index is 11.8. The van der Waals surface area contributed by atoms with Crippen molar-refractivity contribution in [2.75, 3.05) is 12.3 Å². The summed E-state index contributed by atoms with van der Waals surface area (Å²) in [4.78, 5) is 11.8. The maximum Gasteiger partial charge on any atom is 0.254 e. The zero-order chi connectivity index (χ0) is 11.6. The van der Waals surface area contributed by atoms with Crippen LogP contribution in [0, 0.1) is 0 Å². The molecule has 1 aromatic rings. The Labute approximate surface area is 94.7 Å². The van der Waals surface area contributed by atoms with Gasteiger partial charge in [-0.15, -0.1) is 11.3 Å². The first-order valence-corrected chi connectivity index (χ1v) is 5.91. The van der Waals surface area contributed by atoms with Crippen LogP contribution in [0.1, 0.15) is 43.6 Å². The highest BCUT2D eigenvalue weighted by Gasteiger charge is 2.25. The topological polar surface area (TPSA) is 55.1 Å². The third kappa shape index (κ3) is 2.50. The molecule has 0 aliphatic carbocycles. The SMILES string of the molecule is CCNC(=O)c1c(C(C)(C)C)csc1N. The van der Waals surface area contributed by atoms with Crippen LogP contribution in [0.3, 0.4) is 0 Å². The highest BCUT2D eigenvalue weighted by Crippen LogP contribution is 2.34. The third-order valence-electron chi connectivity index (χ3n) is 2.19. The summed E-state index contributed by atoms with van der Waals surface area (Å²) in [5, 5.41) is 5.36. The second-order valence-corrected chi connectivity index (χ2v) is 5.41. The number of carbonyl (C=O) groups is 1. The Morgan fingerprint density at radius 1 is 1.53 bits per heavy atom. The van der Waals surface area contributed by atoms with Crippen molar-refractivity contribution < 1.29 is 4.79 Å². The lowest BCUT2D eigenvalue weighted by atomic mass is 9.86. The molecule has 4 heteroatoms. The number of nitrogen functional groups attached to an aromatic ring is 1. The molecule has 15 heavy (non-hydrogen) atoms.